The number of hydrogen-bond donors (Lipinski definition) is 2. The van der Waals surface area contributed by atoms with Crippen LogP contribution < -0.4 is 5.32 Å². The van der Waals surface area contributed by atoms with Crippen molar-refractivity contribution in [1.82, 2.24) is 5.32 Å². The summed E-state index contributed by atoms with van der Waals surface area (Å²) in [7, 11) is 0. The van der Waals surface area contributed by atoms with E-state index in [1.807, 2.05) is 51.1 Å². The van der Waals surface area contributed by atoms with Gasteiger partial charge in [-0.05, 0) is 18.4 Å². The van der Waals surface area contributed by atoms with Crippen molar-refractivity contribution in [3.8, 4) is 0 Å². The van der Waals surface area contributed by atoms with Crippen LogP contribution in [0.3, 0.4) is 0 Å². The average molecular weight is 249 g/mol. The fourth-order valence-electron chi connectivity index (χ4n) is 1.60. The Morgan fingerprint density at radius 1 is 1.33 bits per heavy atom. The van der Waals surface area contributed by atoms with Crippen LogP contribution in [0.5, 0.6) is 0 Å². The molecule has 3 nitrogen and oxygen atoms in total. The standard InChI is InChI=1S/C15H23NO2/c1-4-15(2,3)14(18)16-13(11-17)10-12-8-6-5-7-9-12/h5-9,13,17H,4,10-11H2,1-3H3,(H,16,18). The van der Waals surface area contributed by atoms with E-state index >= 15 is 0 Å². The Bertz CT molecular complexity index is 373. The second kappa shape index (κ2) is 6.55. The Morgan fingerprint density at radius 3 is 2.44 bits per heavy atom. The molecule has 0 aliphatic rings. The number of benzene rings is 1. The van der Waals surface area contributed by atoms with Crippen molar-refractivity contribution in [2.24, 2.45) is 5.41 Å². The molecule has 18 heavy (non-hydrogen) atoms. The second-order valence-corrected chi connectivity index (χ2v) is 5.28. The van der Waals surface area contributed by atoms with Gasteiger partial charge in [-0.25, -0.2) is 0 Å². The van der Waals surface area contributed by atoms with Crippen LogP contribution in [0.2, 0.25) is 0 Å². The molecule has 1 atom stereocenters. The predicted molar refractivity (Wildman–Crippen MR) is 73.2 cm³/mol. The monoisotopic (exact) mass is 249 g/mol. The van der Waals surface area contributed by atoms with Crippen molar-refractivity contribution in [3.05, 3.63) is 35.9 Å². The van der Waals surface area contributed by atoms with Crippen LogP contribution in [-0.2, 0) is 11.2 Å². The Balaban J connectivity index is 2.60. The smallest absolute Gasteiger partial charge is 0.225 e. The maximum absolute atomic E-state index is 12.0. The number of carbonyl (C=O) groups is 1. The topological polar surface area (TPSA) is 49.3 Å². The van der Waals surface area contributed by atoms with E-state index < -0.39 is 0 Å². The molecular formula is C15H23NO2. The lowest BCUT2D eigenvalue weighted by Crippen LogP contribution is -2.45. The van der Waals surface area contributed by atoms with Gasteiger partial charge in [-0.15, -0.1) is 0 Å². The first kappa shape index (κ1) is 14.7. The van der Waals surface area contributed by atoms with Gasteiger partial charge in [0.15, 0.2) is 0 Å². The highest BCUT2D eigenvalue weighted by Crippen LogP contribution is 2.19. The molecule has 0 fully saturated rings. The van der Waals surface area contributed by atoms with Crippen molar-refractivity contribution in [3.63, 3.8) is 0 Å². The Hall–Kier alpha value is -1.35. The van der Waals surface area contributed by atoms with Gasteiger partial charge < -0.3 is 10.4 Å². The molecule has 1 aromatic carbocycles. The highest BCUT2D eigenvalue weighted by molar-refractivity contribution is 5.82. The van der Waals surface area contributed by atoms with Crippen LogP contribution >= 0.6 is 0 Å². The van der Waals surface area contributed by atoms with Gasteiger partial charge in [0.1, 0.15) is 0 Å². The molecule has 0 aromatic heterocycles. The molecule has 0 aliphatic heterocycles. The summed E-state index contributed by atoms with van der Waals surface area (Å²) in [6.45, 7) is 5.78. The minimum Gasteiger partial charge on any atom is -0.394 e. The lowest BCUT2D eigenvalue weighted by atomic mass is 9.88. The SMILES string of the molecule is CCC(C)(C)C(=O)NC(CO)Cc1ccccc1. The molecule has 2 N–H and O–H groups in total. The minimum atomic E-state index is -0.385. The van der Waals surface area contributed by atoms with E-state index in [1.54, 1.807) is 0 Å². The molecule has 0 saturated carbocycles. The van der Waals surface area contributed by atoms with Crippen molar-refractivity contribution >= 4 is 5.91 Å². The fourth-order valence-corrected chi connectivity index (χ4v) is 1.60. The zero-order valence-electron chi connectivity index (χ0n) is 11.4. The second-order valence-electron chi connectivity index (χ2n) is 5.28. The summed E-state index contributed by atoms with van der Waals surface area (Å²) in [5, 5.41) is 12.3. The summed E-state index contributed by atoms with van der Waals surface area (Å²) < 4.78 is 0. The van der Waals surface area contributed by atoms with E-state index in [1.165, 1.54) is 0 Å². The van der Waals surface area contributed by atoms with Crippen molar-refractivity contribution in [2.45, 2.75) is 39.7 Å². The lowest BCUT2D eigenvalue weighted by molar-refractivity contribution is -0.130. The Labute approximate surface area is 109 Å². The summed E-state index contributed by atoms with van der Waals surface area (Å²) in [4.78, 5) is 12.0. The van der Waals surface area contributed by atoms with Gasteiger partial charge in [0.05, 0.1) is 12.6 Å². The summed E-state index contributed by atoms with van der Waals surface area (Å²) in [6, 6.07) is 9.66. The summed E-state index contributed by atoms with van der Waals surface area (Å²) >= 11 is 0. The zero-order chi connectivity index (χ0) is 13.6. The molecule has 1 rings (SSSR count). The first-order valence-electron chi connectivity index (χ1n) is 6.45. The molecule has 0 radical (unpaired) electrons. The summed E-state index contributed by atoms with van der Waals surface area (Å²) in [5.74, 6) is -0.0000175. The maximum Gasteiger partial charge on any atom is 0.225 e. The maximum atomic E-state index is 12.0. The van der Waals surface area contributed by atoms with E-state index in [0.717, 1.165) is 12.0 Å². The van der Waals surface area contributed by atoms with Crippen LogP contribution in [0.1, 0.15) is 32.8 Å². The van der Waals surface area contributed by atoms with E-state index in [9.17, 15) is 9.90 Å². The highest BCUT2D eigenvalue weighted by atomic mass is 16.3. The minimum absolute atomic E-state index is 0.0000175. The molecule has 0 aliphatic carbocycles. The molecule has 1 unspecified atom stereocenters. The van der Waals surface area contributed by atoms with Crippen molar-refractivity contribution < 1.29 is 9.90 Å². The molecular weight excluding hydrogens is 226 g/mol. The van der Waals surface area contributed by atoms with Crippen LogP contribution in [0.15, 0.2) is 30.3 Å². The van der Waals surface area contributed by atoms with E-state index in [4.69, 9.17) is 0 Å². The van der Waals surface area contributed by atoms with Gasteiger partial charge >= 0.3 is 0 Å². The first-order chi connectivity index (χ1) is 8.49. The summed E-state index contributed by atoms with van der Waals surface area (Å²) in [6.07, 6.45) is 1.44. The number of aliphatic hydroxyl groups is 1. The van der Waals surface area contributed by atoms with Gasteiger partial charge in [-0.3, -0.25) is 4.79 Å². The number of rotatable bonds is 6. The third-order valence-corrected chi connectivity index (χ3v) is 3.38. The van der Waals surface area contributed by atoms with Crippen LogP contribution in [0, 0.1) is 5.41 Å². The van der Waals surface area contributed by atoms with E-state index in [2.05, 4.69) is 5.32 Å². The third-order valence-electron chi connectivity index (χ3n) is 3.38. The first-order valence-corrected chi connectivity index (χ1v) is 6.45. The van der Waals surface area contributed by atoms with Crippen LogP contribution in [0.4, 0.5) is 0 Å². The zero-order valence-corrected chi connectivity index (χ0v) is 11.4. The predicted octanol–water partition coefficient (Wildman–Crippen LogP) is 2.14. The molecule has 100 valence electrons. The summed E-state index contributed by atoms with van der Waals surface area (Å²) in [5.41, 5.74) is 0.732. The Morgan fingerprint density at radius 2 is 1.94 bits per heavy atom. The van der Waals surface area contributed by atoms with Gasteiger partial charge in [-0.1, -0.05) is 51.1 Å². The molecule has 0 spiro atoms. The molecule has 0 saturated heterocycles. The number of nitrogens with one attached hydrogen (secondary N) is 1. The van der Waals surface area contributed by atoms with E-state index in [0.29, 0.717) is 6.42 Å². The molecule has 1 amide bonds. The molecule has 0 heterocycles. The Kier molecular flexibility index (Phi) is 5.35. The van der Waals surface area contributed by atoms with Gasteiger partial charge in [0.2, 0.25) is 5.91 Å². The fraction of sp³-hybridized carbons (Fsp3) is 0.533. The van der Waals surface area contributed by atoms with Crippen molar-refractivity contribution in [1.29, 1.82) is 0 Å². The van der Waals surface area contributed by atoms with E-state index in [-0.39, 0.29) is 24.0 Å². The average Bonchev–Trinajstić information content (AvgIpc) is 2.38. The van der Waals surface area contributed by atoms with Gasteiger partial charge in [0.25, 0.3) is 0 Å². The van der Waals surface area contributed by atoms with Crippen LogP contribution in [-0.4, -0.2) is 23.7 Å². The van der Waals surface area contributed by atoms with Crippen molar-refractivity contribution in [2.75, 3.05) is 6.61 Å². The number of hydrogen-bond acceptors (Lipinski definition) is 2. The quantitative estimate of drug-likeness (QED) is 0.811. The lowest BCUT2D eigenvalue weighted by Gasteiger charge is -2.25. The van der Waals surface area contributed by atoms with Crippen LogP contribution in [0.25, 0.3) is 0 Å². The number of aliphatic hydroxyl groups excluding tert-OH is 1. The molecule has 1 aromatic rings. The third kappa shape index (κ3) is 4.15. The molecule has 0 bridgehead atoms. The number of amides is 1. The normalized spacial score (nSPS) is 13.1. The number of carbonyl (C=O) groups excluding carboxylic acids is 1. The van der Waals surface area contributed by atoms with Gasteiger partial charge in [0, 0.05) is 5.41 Å². The highest BCUT2D eigenvalue weighted by Gasteiger charge is 2.27. The van der Waals surface area contributed by atoms with Gasteiger partial charge in [-0.2, -0.15) is 0 Å². The molecule has 3 heteroatoms. The largest absolute Gasteiger partial charge is 0.394 e.